The smallest absolute Gasteiger partial charge is 0.191 e. The number of hydrogen-bond acceptors (Lipinski definition) is 3. The molecule has 0 radical (unpaired) electrons. The highest BCUT2D eigenvalue weighted by atomic mass is 127. The van der Waals surface area contributed by atoms with Gasteiger partial charge in [0.2, 0.25) is 0 Å². The first-order chi connectivity index (χ1) is 13.3. The predicted molar refractivity (Wildman–Crippen MR) is 135 cm³/mol. The molecule has 0 aliphatic heterocycles. The second kappa shape index (κ2) is 12.8. The number of aliphatic imine (C=N–C) groups is 1. The van der Waals surface area contributed by atoms with Crippen molar-refractivity contribution in [3.05, 3.63) is 29.8 Å². The lowest BCUT2D eigenvalue weighted by Gasteiger charge is -2.30. The topological polar surface area (TPSA) is 62.7 Å². The summed E-state index contributed by atoms with van der Waals surface area (Å²) in [6, 6.07) is 8.41. The lowest BCUT2D eigenvalue weighted by molar-refractivity contribution is 0.129. The number of hydrogen-bond donors (Lipinski definition) is 2. The highest BCUT2D eigenvalue weighted by Crippen LogP contribution is 2.24. The van der Waals surface area contributed by atoms with E-state index in [0.29, 0.717) is 17.8 Å². The van der Waals surface area contributed by atoms with Gasteiger partial charge in [-0.15, -0.1) is 24.0 Å². The molecule has 1 aliphatic carbocycles. The van der Waals surface area contributed by atoms with Gasteiger partial charge < -0.3 is 15.4 Å². The number of nitrogens with one attached hydrogen (secondary N) is 2. The van der Waals surface area contributed by atoms with Crippen LogP contribution in [0.2, 0.25) is 0 Å². The summed E-state index contributed by atoms with van der Waals surface area (Å²) in [7, 11) is -0.716. The fourth-order valence-corrected chi connectivity index (χ4v) is 4.84. The van der Waals surface area contributed by atoms with Crippen molar-refractivity contribution in [3.8, 4) is 5.75 Å². The predicted octanol–water partition coefficient (Wildman–Crippen LogP) is 4.62. The zero-order valence-corrected chi connectivity index (χ0v) is 21.6. The van der Waals surface area contributed by atoms with Crippen LogP contribution >= 0.6 is 24.0 Å². The second-order valence-electron chi connectivity index (χ2n) is 8.32. The van der Waals surface area contributed by atoms with Crippen LogP contribution in [0.1, 0.15) is 65.9 Å². The Morgan fingerprint density at radius 3 is 2.62 bits per heavy atom. The molecule has 1 aromatic carbocycles. The van der Waals surface area contributed by atoms with Gasteiger partial charge in [0.1, 0.15) is 11.4 Å². The maximum absolute atomic E-state index is 12.2. The quantitative estimate of drug-likeness (QED) is 0.304. The van der Waals surface area contributed by atoms with Crippen molar-refractivity contribution in [2.24, 2.45) is 4.99 Å². The summed E-state index contributed by atoms with van der Waals surface area (Å²) in [5.74, 6) is 2.45. The maximum atomic E-state index is 12.2. The summed E-state index contributed by atoms with van der Waals surface area (Å²) in [4.78, 5) is 4.80. The van der Waals surface area contributed by atoms with Gasteiger partial charge >= 0.3 is 0 Å². The fourth-order valence-electron chi connectivity index (χ4n) is 3.49. The molecule has 166 valence electrons. The van der Waals surface area contributed by atoms with E-state index in [0.717, 1.165) is 55.3 Å². The van der Waals surface area contributed by atoms with Gasteiger partial charge in [-0.25, -0.2) is 4.99 Å². The van der Waals surface area contributed by atoms with E-state index in [4.69, 9.17) is 9.73 Å². The van der Waals surface area contributed by atoms with Crippen molar-refractivity contribution >= 4 is 40.7 Å². The molecule has 1 saturated carbocycles. The van der Waals surface area contributed by atoms with E-state index in [-0.39, 0.29) is 29.6 Å². The maximum Gasteiger partial charge on any atom is 0.191 e. The SMILES string of the molecule is CCNC(=NCc1ccccc1OC(C)(C)C)NC1CCCC(S(=O)CC)C1.I. The molecule has 1 aliphatic rings. The zero-order valence-electron chi connectivity index (χ0n) is 18.5. The molecule has 0 saturated heterocycles. The van der Waals surface area contributed by atoms with E-state index in [2.05, 4.69) is 44.4 Å². The lowest BCUT2D eigenvalue weighted by atomic mass is 9.95. The Balaban J connectivity index is 0.00000420. The zero-order chi connectivity index (χ0) is 20.6. The van der Waals surface area contributed by atoms with Crippen molar-refractivity contribution in [1.29, 1.82) is 0 Å². The Morgan fingerprint density at radius 2 is 1.97 bits per heavy atom. The van der Waals surface area contributed by atoms with E-state index in [1.54, 1.807) is 0 Å². The minimum atomic E-state index is -0.716. The Bertz CT molecular complexity index is 676. The molecule has 3 atom stereocenters. The van der Waals surface area contributed by atoms with Gasteiger partial charge in [-0.3, -0.25) is 4.21 Å². The van der Waals surface area contributed by atoms with E-state index in [9.17, 15) is 4.21 Å². The Kier molecular flexibility index (Phi) is 11.5. The number of rotatable bonds is 7. The Hall–Kier alpha value is -0.830. The number of nitrogens with zero attached hydrogens (tertiary/aromatic N) is 1. The molecule has 1 aromatic rings. The van der Waals surface area contributed by atoms with Crippen LogP contribution in [0, 0.1) is 0 Å². The van der Waals surface area contributed by atoms with Crippen molar-refractivity contribution < 1.29 is 8.95 Å². The van der Waals surface area contributed by atoms with E-state index in [1.165, 1.54) is 0 Å². The molecular formula is C22H38IN3O2S. The molecule has 7 heteroatoms. The summed E-state index contributed by atoms with van der Waals surface area (Å²) >= 11 is 0. The fraction of sp³-hybridized carbons (Fsp3) is 0.682. The number of ether oxygens (including phenoxy) is 1. The molecule has 29 heavy (non-hydrogen) atoms. The van der Waals surface area contributed by atoms with Crippen molar-refractivity contribution in [3.63, 3.8) is 0 Å². The summed E-state index contributed by atoms with van der Waals surface area (Å²) < 4.78 is 18.3. The molecule has 3 unspecified atom stereocenters. The molecule has 2 rings (SSSR count). The van der Waals surface area contributed by atoms with E-state index >= 15 is 0 Å². The largest absolute Gasteiger partial charge is 0.488 e. The monoisotopic (exact) mass is 535 g/mol. The molecule has 0 amide bonds. The average molecular weight is 536 g/mol. The molecule has 1 fully saturated rings. The number of halogens is 1. The van der Waals surface area contributed by atoms with Crippen molar-refractivity contribution in [2.75, 3.05) is 12.3 Å². The second-order valence-corrected chi connectivity index (χ2v) is 10.3. The van der Waals surface area contributed by atoms with Crippen LogP contribution in [0.15, 0.2) is 29.3 Å². The van der Waals surface area contributed by atoms with E-state index in [1.807, 2.05) is 25.1 Å². The molecule has 5 nitrogen and oxygen atoms in total. The summed E-state index contributed by atoms with van der Waals surface area (Å²) in [5.41, 5.74) is 0.831. The van der Waals surface area contributed by atoms with Gasteiger partial charge in [0.15, 0.2) is 5.96 Å². The summed E-state index contributed by atoms with van der Waals surface area (Å²) in [5, 5.41) is 7.22. The average Bonchev–Trinajstić information content (AvgIpc) is 2.65. The normalized spacial score (nSPS) is 21.1. The third kappa shape index (κ3) is 9.24. The molecule has 0 bridgehead atoms. The van der Waals surface area contributed by atoms with Crippen LogP contribution < -0.4 is 15.4 Å². The Labute approximate surface area is 196 Å². The third-order valence-corrected chi connectivity index (χ3v) is 6.50. The third-order valence-electron chi connectivity index (χ3n) is 4.76. The van der Waals surface area contributed by atoms with Crippen LogP contribution in [0.5, 0.6) is 5.75 Å². The summed E-state index contributed by atoms with van der Waals surface area (Å²) in [6.45, 7) is 11.6. The van der Waals surface area contributed by atoms with Crippen LogP contribution in [-0.4, -0.2) is 39.4 Å². The van der Waals surface area contributed by atoms with Crippen molar-refractivity contribution in [1.82, 2.24) is 10.6 Å². The van der Waals surface area contributed by atoms with Gasteiger partial charge in [-0.2, -0.15) is 0 Å². The van der Waals surface area contributed by atoms with Crippen LogP contribution in [0.25, 0.3) is 0 Å². The molecule has 0 spiro atoms. The van der Waals surface area contributed by atoms with Gasteiger partial charge in [0.05, 0.1) is 6.54 Å². The van der Waals surface area contributed by atoms with Crippen LogP contribution in [0.3, 0.4) is 0 Å². The highest BCUT2D eigenvalue weighted by Gasteiger charge is 2.26. The minimum absolute atomic E-state index is 0. The van der Waals surface area contributed by atoms with Crippen molar-refractivity contribution in [2.45, 2.75) is 83.7 Å². The summed E-state index contributed by atoms with van der Waals surface area (Å²) in [6.07, 6.45) is 4.25. The van der Waals surface area contributed by atoms with Gasteiger partial charge in [-0.1, -0.05) is 31.5 Å². The van der Waals surface area contributed by atoms with E-state index < -0.39 is 10.8 Å². The standard InChI is InChI=1S/C22H37N3O2S.HI/c1-6-23-21(25-18-12-10-13-19(15-18)28(26)7-2)24-16-17-11-8-9-14-20(17)27-22(3,4)5;/h8-9,11,14,18-19H,6-7,10,12-13,15-16H2,1-5H3,(H2,23,24,25);1H. The van der Waals surface area contributed by atoms with Gasteiger partial charge in [0.25, 0.3) is 0 Å². The van der Waals surface area contributed by atoms with Gasteiger partial charge in [0, 0.05) is 40.0 Å². The highest BCUT2D eigenvalue weighted by molar-refractivity contribution is 14.0. The lowest BCUT2D eigenvalue weighted by Crippen LogP contribution is -2.46. The first-order valence-electron chi connectivity index (χ1n) is 10.5. The molecule has 0 aromatic heterocycles. The molecule has 0 heterocycles. The van der Waals surface area contributed by atoms with Gasteiger partial charge in [-0.05, 0) is 53.0 Å². The molecule has 2 N–H and O–H groups in total. The first kappa shape index (κ1) is 26.2. The number of benzene rings is 1. The molecular weight excluding hydrogens is 497 g/mol. The minimum Gasteiger partial charge on any atom is -0.488 e. The Morgan fingerprint density at radius 1 is 1.24 bits per heavy atom. The number of guanidine groups is 1. The van der Waals surface area contributed by atoms with Crippen LogP contribution in [0.4, 0.5) is 0 Å². The number of para-hydroxylation sites is 1. The first-order valence-corrected chi connectivity index (χ1v) is 11.9. The van der Waals surface area contributed by atoms with Crippen LogP contribution in [-0.2, 0) is 17.3 Å².